The molecule has 0 radical (unpaired) electrons. The molecule has 0 saturated heterocycles. The van der Waals surface area contributed by atoms with E-state index in [0.717, 1.165) is 23.3 Å². The number of hydrogen-bond acceptors (Lipinski definition) is 6. The number of esters is 1. The Balaban J connectivity index is 2.67. The maximum atomic E-state index is 12.7. The van der Waals surface area contributed by atoms with Crippen molar-refractivity contribution in [2.75, 3.05) is 13.7 Å². The number of nitrogens with two attached hydrogens (primary N) is 1. The summed E-state index contributed by atoms with van der Waals surface area (Å²) in [6, 6.07) is 7.63. The van der Waals surface area contributed by atoms with Crippen molar-refractivity contribution >= 4 is 5.97 Å². The first-order valence-electron chi connectivity index (χ1n) is 8.60. The number of aryl methyl sites for hydroxylation is 1. The SMILES string of the molecule is CCCC1=C(C(=O)OCC)[C@H](c2ccc(OC)c(C)c2)C(C#N)=C(N)O1. The van der Waals surface area contributed by atoms with Gasteiger partial charge in [-0.15, -0.1) is 0 Å². The molecule has 0 amide bonds. The molecule has 6 nitrogen and oxygen atoms in total. The minimum Gasteiger partial charge on any atom is -0.496 e. The van der Waals surface area contributed by atoms with Gasteiger partial charge in [0.05, 0.1) is 25.2 Å². The van der Waals surface area contributed by atoms with E-state index in [9.17, 15) is 10.1 Å². The van der Waals surface area contributed by atoms with Gasteiger partial charge in [0.1, 0.15) is 23.2 Å². The number of rotatable bonds is 6. The van der Waals surface area contributed by atoms with Crippen molar-refractivity contribution < 1.29 is 19.0 Å². The van der Waals surface area contributed by atoms with Gasteiger partial charge < -0.3 is 19.9 Å². The Labute approximate surface area is 153 Å². The molecule has 0 unspecified atom stereocenters. The van der Waals surface area contributed by atoms with Crippen LogP contribution in [-0.4, -0.2) is 19.7 Å². The fraction of sp³-hybridized carbons (Fsp3) is 0.400. The van der Waals surface area contributed by atoms with E-state index in [1.807, 2.05) is 32.0 Å². The highest BCUT2D eigenvalue weighted by Gasteiger charge is 2.37. The van der Waals surface area contributed by atoms with E-state index < -0.39 is 11.9 Å². The van der Waals surface area contributed by atoms with Crippen LogP contribution in [0.4, 0.5) is 0 Å². The molecule has 0 spiro atoms. The number of benzene rings is 1. The first-order chi connectivity index (χ1) is 12.5. The van der Waals surface area contributed by atoms with Crippen molar-refractivity contribution in [1.29, 1.82) is 5.26 Å². The molecule has 26 heavy (non-hydrogen) atoms. The van der Waals surface area contributed by atoms with E-state index in [1.165, 1.54) is 0 Å². The van der Waals surface area contributed by atoms with Gasteiger partial charge >= 0.3 is 5.97 Å². The molecule has 1 aliphatic heterocycles. The van der Waals surface area contributed by atoms with Gasteiger partial charge in [-0.25, -0.2) is 4.79 Å². The predicted octanol–water partition coefficient (Wildman–Crippen LogP) is 3.43. The Morgan fingerprint density at radius 1 is 1.38 bits per heavy atom. The average molecular weight is 356 g/mol. The van der Waals surface area contributed by atoms with Crippen molar-refractivity contribution in [2.24, 2.45) is 5.73 Å². The zero-order valence-electron chi connectivity index (χ0n) is 15.6. The molecule has 1 atom stereocenters. The van der Waals surface area contributed by atoms with E-state index in [1.54, 1.807) is 14.0 Å². The van der Waals surface area contributed by atoms with Gasteiger partial charge in [-0.1, -0.05) is 19.1 Å². The summed E-state index contributed by atoms with van der Waals surface area (Å²) in [6.07, 6.45) is 1.29. The van der Waals surface area contributed by atoms with Crippen LogP contribution in [0.2, 0.25) is 0 Å². The number of carbonyl (C=O) groups excluding carboxylic acids is 1. The first-order valence-corrected chi connectivity index (χ1v) is 8.60. The summed E-state index contributed by atoms with van der Waals surface area (Å²) < 4.78 is 16.2. The second-order valence-corrected chi connectivity index (χ2v) is 5.96. The second-order valence-electron chi connectivity index (χ2n) is 5.96. The zero-order chi connectivity index (χ0) is 19.3. The van der Waals surface area contributed by atoms with Crippen LogP contribution in [0.3, 0.4) is 0 Å². The molecule has 1 aromatic carbocycles. The van der Waals surface area contributed by atoms with Gasteiger partial charge in [0, 0.05) is 6.42 Å². The lowest BCUT2D eigenvalue weighted by molar-refractivity contribution is -0.139. The predicted molar refractivity (Wildman–Crippen MR) is 97.0 cm³/mol. The smallest absolute Gasteiger partial charge is 0.338 e. The second kappa shape index (κ2) is 8.43. The summed E-state index contributed by atoms with van der Waals surface area (Å²) >= 11 is 0. The lowest BCUT2D eigenvalue weighted by Crippen LogP contribution is -2.26. The van der Waals surface area contributed by atoms with E-state index >= 15 is 0 Å². The molecule has 1 aliphatic rings. The van der Waals surface area contributed by atoms with Crippen molar-refractivity contribution in [3.8, 4) is 11.8 Å². The van der Waals surface area contributed by atoms with Gasteiger partial charge in [-0.2, -0.15) is 5.26 Å². The van der Waals surface area contributed by atoms with Crippen molar-refractivity contribution in [3.63, 3.8) is 0 Å². The molecule has 0 aromatic heterocycles. The molecule has 1 heterocycles. The van der Waals surface area contributed by atoms with E-state index in [4.69, 9.17) is 19.9 Å². The van der Waals surface area contributed by atoms with Gasteiger partial charge in [0.25, 0.3) is 0 Å². The van der Waals surface area contributed by atoms with Crippen molar-refractivity contribution in [3.05, 3.63) is 52.1 Å². The molecule has 0 fully saturated rings. The summed E-state index contributed by atoms with van der Waals surface area (Å²) in [7, 11) is 1.60. The average Bonchev–Trinajstić information content (AvgIpc) is 2.61. The van der Waals surface area contributed by atoms with Crippen LogP contribution in [0.1, 0.15) is 43.7 Å². The van der Waals surface area contributed by atoms with Gasteiger partial charge in [0.15, 0.2) is 0 Å². The van der Waals surface area contributed by atoms with Crippen LogP contribution in [0.25, 0.3) is 0 Å². The molecule has 0 saturated carbocycles. The fourth-order valence-corrected chi connectivity index (χ4v) is 3.08. The number of nitriles is 1. The Bertz CT molecular complexity index is 803. The number of hydrogen-bond donors (Lipinski definition) is 1. The molecular formula is C20H24N2O4. The summed E-state index contributed by atoms with van der Waals surface area (Å²) in [6.45, 7) is 5.85. The van der Waals surface area contributed by atoms with Gasteiger partial charge in [-0.3, -0.25) is 0 Å². The quantitative estimate of drug-likeness (QED) is 0.785. The zero-order valence-corrected chi connectivity index (χ0v) is 15.6. The van der Waals surface area contributed by atoms with Crippen LogP contribution in [0.15, 0.2) is 41.0 Å². The summed E-state index contributed by atoms with van der Waals surface area (Å²) in [5, 5.41) is 9.64. The van der Waals surface area contributed by atoms with E-state index in [0.29, 0.717) is 17.8 Å². The van der Waals surface area contributed by atoms with Crippen molar-refractivity contribution in [1.82, 2.24) is 0 Å². The lowest BCUT2D eigenvalue weighted by Gasteiger charge is -2.28. The van der Waals surface area contributed by atoms with Crippen LogP contribution in [0.5, 0.6) is 5.75 Å². The van der Waals surface area contributed by atoms with E-state index in [2.05, 4.69) is 6.07 Å². The van der Waals surface area contributed by atoms with Crippen LogP contribution in [-0.2, 0) is 14.3 Å². The minimum absolute atomic E-state index is 0.0301. The van der Waals surface area contributed by atoms with Gasteiger partial charge in [0.2, 0.25) is 5.88 Å². The molecule has 0 aliphatic carbocycles. The number of ether oxygens (including phenoxy) is 3. The molecule has 138 valence electrons. The Morgan fingerprint density at radius 3 is 2.65 bits per heavy atom. The molecule has 2 rings (SSSR count). The number of nitrogens with zero attached hydrogens (tertiary/aromatic N) is 1. The minimum atomic E-state index is -0.626. The Morgan fingerprint density at radius 2 is 2.12 bits per heavy atom. The van der Waals surface area contributed by atoms with E-state index in [-0.39, 0.29) is 18.1 Å². The topological polar surface area (TPSA) is 94.6 Å². The highest BCUT2D eigenvalue weighted by Crippen LogP contribution is 2.41. The normalized spacial score (nSPS) is 16.8. The highest BCUT2D eigenvalue weighted by molar-refractivity contribution is 5.92. The molecular weight excluding hydrogens is 332 g/mol. The van der Waals surface area contributed by atoms with Crippen LogP contribution in [0, 0.1) is 18.3 Å². The number of methoxy groups -OCH3 is 1. The summed E-state index contributed by atoms with van der Waals surface area (Å²) in [5.74, 6) is 0.101. The van der Waals surface area contributed by atoms with Crippen molar-refractivity contribution in [2.45, 2.75) is 39.5 Å². The highest BCUT2D eigenvalue weighted by atomic mass is 16.5. The molecule has 6 heteroatoms. The Kier molecular flexibility index (Phi) is 6.29. The third kappa shape index (κ3) is 3.67. The van der Waals surface area contributed by atoms with Crippen LogP contribution < -0.4 is 10.5 Å². The largest absolute Gasteiger partial charge is 0.496 e. The molecule has 2 N–H and O–H groups in total. The first kappa shape index (κ1) is 19.4. The number of carbonyl (C=O) groups is 1. The lowest BCUT2D eigenvalue weighted by atomic mass is 9.82. The summed E-state index contributed by atoms with van der Waals surface area (Å²) in [5.41, 5.74) is 8.20. The molecule has 1 aromatic rings. The number of allylic oxidation sites excluding steroid dienone is 2. The van der Waals surface area contributed by atoms with Gasteiger partial charge in [-0.05, 0) is 37.5 Å². The third-order valence-electron chi connectivity index (χ3n) is 4.22. The molecule has 0 bridgehead atoms. The monoisotopic (exact) mass is 356 g/mol. The third-order valence-corrected chi connectivity index (χ3v) is 4.22. The standard InChI is InChI=1S/C20H24N2O4/c1-5-7-16-18(20(23)25-6-2)17(14(11-21)19(22)26-16)13-8-9-15(24-4)12(3)10-13/h8-10,17H,5-7,22H2,1-4H3/t17-/m1/s1. The fourth-order valence-electron chi connectivity index (χ4n) is 3.08. The Hall–Kier alpha value is -2.94. The maximum absolute atomic E-state index is 12.7. The van der Waals surface area contributed by atoms with Crippen LogP contribution >= 0.6 is 0 Å². The maximum Gasteiger partial charge on any atom is 0.338 e. The summed E-state index contributed by atoms with van der Waals surface area (Å²) in [4.78, 5) is 12.7.